The number of nitriles is 1. The Morgan fingerprint density at radius 2 is 2.06 bits per heavy atom. The lowest BCUT2D eigenvalue weighted by Crippen LogP contribution is -2.09. The normalized spacial score (nSPS) is 9.72. The highest BCUT2D eigenvalue weighted by Crippen LogP contribution is 2.01. The van der Waals surface area contributed by atoms with E-state index in [2.05, 4.69) is 26.3 Å². The van der Waals surface area contributed by atoms with Gasteiger partial charge < -0.3 is 5.32 Å². The summed E-state index contributed by atoms with van der Waals surface area (Å²) in [5, 5.41) is 11.7. The molecular weight excluding hydrogens is 226 g/mol. The molecule has 0 aliphatic rings. The molecule has 0 fully saturated rings. The molecule has 0 saturated carbocycles. The predicted octanol–water partition coefficient (Wildman–Crippen LogP) is 1.59. The highest BCUT2D eigenvalue weighted by molar-refractivity contribution is 5.26. The zero-order valence-corrected chi connectivity index (χ0v) is 9.87. The van der Waals surface area contributed by atoms with E-state index in [9.17, 15) is 0 Å². The van der Waals surface area contributed by atoms with Crippen LogP contribution in [0.3, 0.4) is 0 Å². The molecule has 2 aromatic rings. The number of nitrogens with one attached hydrogen (secondary N) is 1. The van der Waals surface area contributed by atoms with Crippen molar-refractivity contribution in [3.63, 3.8) is 0 Å². The Morgan fingerprint density at radius 3 is 2.83 bits per heavy atom. The Kier molecular flexibility index (Phi) is 4.20. The summed E-state index contributed by atoms with van der Waals surface area (Å²) in [6.07, 6.45) is 4.55. The van der Waals surface area contributed by atoms with Crippen LogP contribution in [-0.4, -0.2) is 21.5 Å². The van der Waals surface area contributed by atoms with Crippen LogP contribution in [0.15, 0.2) is 36.7 Å². The highest BCUT2D eigenvalue weighted by atomic mass is 15.1. The summed E-state index contributed by atoms with van der Waals surface area (Å²) in [5.74, 6) is 0.554. The van der Waals surface area contributed by atoms with Crippen LogP contribution in [0, 0.1) is 11.3 Å². The lowest BCUT2D eigenvalue weighted by molar-refractivity contribution is 0.932. The molecule has 0 atom stereocenters. The van der Waals surface area contributed by atoms with Crippen LogP contribution < -0.4 is 5.32 Å². The zero-order chi connectivity index (χ0) is 12.6. The van der Waals surface area contributed by atoms with Gasteiger partial charge in [0.2, 0.25) is 5.95 Å². The molecule has 0 saturated heterocycles. The van der Waals surface area contributed by atoms with E-state index in [0.29, 0.717) is 18.9 Å². The first-order valence-electron chi connectivity index (χ1n) is 5.71. The first-order chi connectivity index (χ1) is 8.88. The van der Waals surface area contributed by atoms with Crippen molar-refractivity contribution >= 4 is 5.95 Å². The number of rotatable bonds is 5. The Labute approximate surface area is 106 Å². The second-order valence-corrected chi connectivity index (χ2v) is 3.70. The van der Waals surface area contributed by atoms with Crippen LogP contribution >= 0.6 is 0 Å². The largest absolute Gasteiger partial charge is 0.354 e. The number of pyridine rings is 1. The summed E-state index contributed by atoms with van der Waals surface area (Å²) in [4.78, 5) is 12.6. The van der Waals surface area contributed by atoms with Gasteiger partial charge in [-0.1, -0.05) is 6.07 Å². The van der Waals surface area contributed by atoms with Crippen LogP contribution in [0.5, 0.6) is 0 Å². The molecule has 0 aliphatic carbocycles. The monoisotopic (exact) mass is 239 g/mol. The molecule has 0 amide bonds. The van der Waals surface area contributed by atoms with Gasteiger partial charge in [0, 0.05) is 31.1 Å². The third-order valence-corrected chi connectivity index (χ3v) is 2.36. The molecule has 0 bridgehead atoms. The first-order valence-corrected chi connectivity index (χ1v) is 5.71. The van der Waals surface area contributed by atoms with Gasteiger partial charge in [0.25, 0.3) is 0 Å². The summed E-state index contributed by atoms with van der Waals surface area (Å²) >= 11 is 0. The minimum Gasteiger partial charge on any atom is -0.354 e. The second-order valence-electron chi connectivity index (χ2n) is 3.70. The van der Waals surface area contributed by atoms with Crippen molar-refractivity contribution < 1.29 is 0 Å². The molecule has 0 aromatic carbocycles. The molecule has 18 heavy (non-hydrogen) atoms. The van der Waals surface area contributed by atoms with Crippen molar-refractivity contribution in [1.82, 2.24) is 15.0 Å². The maximum atomic E-state index is 8.60. The van der Waals surface area contributed by atoms with Gasteiger partial charge in [-0.3, -0.25) is 4.98 Å². The number of hydrogen-bond donors (Lipinski definition) is 1. The van der Waals surface area contributed by atoms with E-state index < -0.39 is 0 Å². The molecule has 5 nitrogen and oxygen atoms in total. The Bertz CT molecular complexity index is 533. The van der Waals surface area contributed by atoms with Gasteiger partial charge in [-0.2, -0.15) is 5.26 Å². The second kappa shape index (κ2) is 6.30. The van der Waals surface area contributed by atoms with Crippen LogP contribution in [0.4, 0.5) is 5.95 Å². The van der Waals surface area contributed by atoms with Gasteiger partial charge in [-0.15, -0.1) is 0 Å². The summed E-state index contributed by atoms with van der Waals surface area (Å²) in [5.41, 5.74) is 1.76. The van der Waals surface area contributed by atoms with E-state index in [-0.39, 0.29) is 0 Å². The summed E-state index contributed by atoms with van der Waals surface area (Å²) in [6, 6.07) is 9.65. The fourth-order valence-corrected chi connectivity index (χ4v) is 1.51. The highest BCUT2D eigenvalue weighted by Gasteiger charge is 1.99. The van der Waals surface area contributed by atoms with Gasteiger partial charge in [0.1, 0.15) is 0 Å². The van der Waals surface area contributed by atoms with Crippen molar-refractivity contribution in [1.29, 1.82) is 5.26 Å². The SMILES string of the molecule is N#CCc1ccnc(NCCc2ccccn2)n1. The average Bonchev–Trinajstić information content (AvgIpc) is 2.41. The van der Waals surface area contributed by atoms with Gasteiger partial charge in [0.15, 0.2) is 0 Å². The quantitative estimate of drug-likeness (QED) is 0.857. The zero-order valence-electron chi connectivity index (χ0n) is 9.87. The lowest BCUT2D eigenvalue weighted by Gasteiger charge is -2.04. The van der Waals surface area contributed by atoms with E-state index >= 15 is 0 Å². The van der Waals surface area contributed by atoms with Crippen molar-refractivity contribution in [2.75, 3.05) is 11.9 Å². The molecule has 90 valence electrons. The molecular formula is C13H13N5. The van der Waals surface area contributed by atoms with E-state index in [0.717, 1.165) is 17.8 Å². The number of anilines is 1. The summed E-state index contributed by atoms with van der Waals surface area (Å²) in [6.45, 7) is 0.715. The van der Waals surface area contributed by atoms with E-state index in [1.54, 1.807) is 18.5 Å². The average molecular weight is 239 g/mol. The van der Waals surface area contributed by atoms with E-state index in [1.165, 1.54) is 0 Å². The van der Waals surface area contributed by atoms with E-state index in [1.807, 2.05) is 18.2 Å². The first kappa shape index (κ1) is 12.0. The third-order valence-electron chi connectivity index (χ3n) is 2.36. The Hall–Kier alpha value is -2.48. The number of nitrogens with zero attached hydrogens (tertiary/aromatic N) is 4. The van der Waals surface area contributed by atoms with E-state index in [4.69, 9.17) is 5.26 Å². The molecule has 0 spiro atoms. The van der Waals surface area contributed by atoms with Gasteiger partial charge in [-0.05, 0) is 18.2 Å². The molecule has 2 heterocycles. The standard InChI is InChI=1S/C13H13N5/c14-7-4-12-6-10-17-13(18-12)16-9-5-11-3-1-2-8-15-11/h1-3,6,8,10H,4-5,9H2,(H,16,17,18). The molecule has 5 heteroatoms. The van der Waals surface area contributed by atoms with Crippen LogP contribution in [0.1, 0.15) is 11.4 Å². The maximum Gasteiger partial charge on any atom is 0.222 e. The summed E-state index contributed by atoms with van der Waals surface area (Å²) in [7, 11) is 0. The summed E-state index contributed by atoms with van der Waals surface area (Å²) < 4.78 is 0. The molecule has 2 rings (SSSR count). The molecule has 0 radical (unpaired) electrons. The lowest BCUT2D eigenvalue weighted by atomic mass is 10.3. The number of hydrogen-bond acceptors (Lipinski definition) is 5. The molecule has 0 unspecified atom stereocenters. The van der Waals surface area contributed by atoms with Crippen LogP contribution in [0.25, 0.3) is 0 Å². The van der Waals surface area contributed by atoms with Crippen molar-refractivity contribution in [2.45, 2.75) is 12.8 Å². The van der Waals surface area contributed by atoms with Crippen LogP contribution in [-0.2, 0) is 12.8 Å². The van der Waals surface area contributed by atoms with Crippen molar-refractivity contribution in [3.05, 3.63) is 48.0 Å². The van der Waals surface area contributed by atoms with Gasteiger partial charge in [-0.25, -0.2) is 9.97 Å². The maximum absolute atomic E-state index is 8.60. The minimum absolute atomic E-state index is 0.303. The minimum atomic E-state index is 0.303. The van der Waals surface area contributed by atoms with Gasteiger partial charge in [0.05, 0.1) is 18.2 Å². The molecule has 2 aromatic heterocycles. The number of aromatic nitrogens is 3. The molecule has 1 N–H and O–H groups in total. The smallest absolute Gasteiger partial charge is 0.222 e. The third kappa shape index (κ3) is 3.52. The molecule has 0 aliphatic heterocycles. The Balaban J connectivity index is 1.87. The van der Waals surface area contributed by atoms with Crippen molar-refractivity contribution in [3.8, 4) is 6.07 Å². The van der Waals surface area contributed by atoms with Gasteiger partial charge >= 0.3 is 0 Å². The topological polar surface area (TPSA) is 74.5 Å². The van der Waals surface area contributed by atoms with Crippen molar-refractivity contribution in [2.24, 2.45) is 0 Å². The fourth-order valence-electron chi connectivity index (χ4n) is 1.51. The predicted molar refractivity (Wildman–Crippen MR) is 67.8 cm³/mol. The fraction of sp³-hybridized carbons (Fsp3) is 0.231. The Morgan fingerprint density at radius 1 is 1.11 bits per heavy atom. The van der Waals surface area contributed by atoms with Crippen LogP contribution in [0.2, 0.25) is 0 Å².